The van der Waals surface area contributed by atoms with E-state index in [0.29, 0.717) is 11.6 Å². The zero-order valence-electron chi connectivity index (χ0n) is 14.8. The Labute approximate surface area is 152 Å². The smallest absolute Gasteiger partial charge is 0.267 e. The van der Waals surface area contributed by atoms with Crippen LogP contribution in [-0.4, -0.2) is 33.1 Å². The van der Waals surface area contributed by atoms with Crippen LogP contribution in [0.25, 0.3) is 10.9 Å². The molecule has 4 rings (SSSR count). The number of nitrogens with zero attached hydrogens (tertiary/aromatic N) is 1. The fraction of sp³-hybridized carbons (Fsp3) is 0.333. The fourth-order valence-corrected chi connectivity index (χ4v) is 3.69. The predicted molar refractivity (Wildman–Crippen MR) is 101 cm³/mol. The molecule has 134 valence electrons. The number of aromatic nitrogens is 2. The standard InChI is InChI=1S/C21H23N3O2/c1-13-2-3-18-15(8-13)12-20(23-18)21(26)24-19(16-10-17(25)11-16)9-14-4-6-22-7-5-14/h2-8,12,16-17,19,23,25H,9-11H2,1H3,(H,24,26). The predicted octanol–water partition coefficient (Wildman–Crippen LogP) is 2.98. The molecule has 1 amide bonds. The van der Waals surface area contributed by atoms with E-state index in [1.54, 1.807) is 12.4 Å². The maximum atomic E-state index is 12.8. The molecule has 1 aromatic carbocycles. The summed E-state index contributed by atoms with van der Waals surface area (Å²) in [5.74, 6) is 0.202. The average Bonchev–Trinajstić information content (AvgIpc) is 3.02. The molecule has 1 atom stereocenters. The van der Waals surface area contributed by atoms with Crippen molar-refractivity contribution < 1.29 is 9.90 Å². The Morgan fingerprint density at radius 3 is 2.77 bits per heavy atom. The van der Waals surface area contributed by atoms with Crippen LogP contribution in [0, 0.1) is 12.8 Å². The van der Waals surface area contributed by atoms with Gasteiger partial charge in [0.15, 0.2) is 0 Å². The SMILES string of the molecule is Cc1ccc2[nH]c(C(=O)NC(Cc3ccncc3)C3CC(O)C3)cc2c1. The molecular weight excluding hydrogens is 326 g/mol. The molecule has 3 aromatic rings. The molecule has 5 nitrogen and oxygen atoms in total. The molecule has 1 fully saturated rings. The number of rotatable bonds is 5. The molecule has 0 aliphatic heterocycles. The monoisotopic (exact) mass is 349 g/mol. The number of hydrogen-bond acceptors (Lipinski definition) is 3. The highest BCUT2D eigenvalue weighted by Gasteiger charge is 2.35. The third kappa shape index (κ3) is 3.48. The number of hydrogen-bond donors (Lipinski definition) is 3. The lowest BCUT2D eigenvalue weighted by Crippen LogP contribution is -2.48. The van der Waals surface area contributed by atoms with Gasteiger partial charge in [-0.3, -0.25) is 9.78 Å². The first kappa shape index (κ1) is 16.8. The van der Waals surface area contributed by atoms with E-state index in [1.807, 2.05) is 37.3 Å². The van der Waals surface area contributed by atoms with Crippen molar-refractivity contribution in [3.05, 3.63) is 65.6 Å². The van der Waals surface area contributed by atoms with Gasteiger partial charge in [0.1, 0.15) is 5.69 Å². The third-order valence-corrected chi connectivity index (χ3v) is 5.26. The molecule has 26 heavy (non-hydrogen) atoms. The summed E-state index contributed by atoms with van der Waals surface area (Å²) in [6.45, 7) is 2.04. The van der Waals surface area contributed by atoms with Crippen LogP contribution < -0.4 is 5.32 Å². The van der Waals surface area contributed by atoms with E-state index in [0.717, 1.165) is 35.7 Å². The van der Waals surface area contributed by atoms with Gasteiger partial charge in [-0.2, -0.15) is 0 Å². The Morgan fingerprint density at radius 1 is 1.27 bits per heavy atom. The third-order valence-electron chi connectivity index (χ3n) is 5.26. The molecule has 0 radical (unpaired) electrons. The number of pyridine rings is 1. The minimum atomic E-state index is -0.243. The number of amides is 1. The van der Waals surface area contributed by atoms with Crippen molar-refractivity contribution in [2.24, 2.45) is 5.92 Å². The molecule has 0 saturated heterocycles. The van der Waals surface area contributed by atoms with Crippen molar-refractivity contribution in [2.75, 3.05) is 0 Å². The Hall–Kier alpha value is -2.66. The average molecular weight is 349 g/mol. The molecule has 1 aliphatic carbocycles. The van der Waals surface area contributed by atoms with Gasteiger partial charge < -0.3 is 15.4 Å². The minimum absolute atomic E-state index is 0.00134. The van der Waals surface area contributed by atoms with Gasteiger partial charge in [0.25, 0.3) is 5.91 Å². The minimum Gasteiger partial charge on any atom is -0.393 e. The van der Waals surface area contributed by atoms with E-state index >= 15 is 0 Å². The zero-order valence-corrected chi connectivity index (χ0v) is 14.8. The first-order valence-electron chi connectivity index (χ1n) is 9.05. The van der Waals surface area contributed by atoms with Gasteiger partial charge in [-0.15, -0.1) is 0 Å². The summed E-state index contributed by atoms with van der Waals surface area (Å²) in [5, 5.41) is 13.9. The summed E-state index contributed by atoms with van der Waals surface area (Å²) in [6.07, 6.45) is 5.51. The molecule has 0 spiro atoms. The summed E-state index contributed by atoms with van der Waals surface area (Å²) in [4.78, 5) is 20.1. The number of carbonyl (C=O) groups is 1. The van der Waals surface area contributed by atoms with Crippen molar-refractivity contribution in [3.8, 4) is 0 Å². The number of H-pyrrole nitrogens is 1. The lowest BCUT2D eigenvalue weighted by Gasteiger charge is -2.38. The number of aliphatic hydroxyl groups is 1. The van der Waals surface area contributed by atoms with Crippen molar-refractivity contribution in [1.82, 2.24) is 15.3 Å². The summed E-state index contributed by atoms with van der Waals surface area (Å²) in [6, 6.07) is 11.9. The van der Waals surface area contributed by atoms with Crippen LogP contribution in [0.3, 0.4) is 0 Å². The van der Waals surface area contributed by atoms with Gasteiger partial charge in [0.05, 0.1) is 6.10 Å². The van der Waals surface area contributed by atoms with E-state index in [-0.39, 0.29) is 18.1 Å². The largest absolute Gasteiger partial charge is 0.393 e. The molecule has 2 heterocycles. The summed E-state index contributed by atoms with van der Waals surface area (Å²) in [7, 11) is 0. The topological polar surface area (TPSA) is 78.0 Å². The van der Waals surface area contributed by atoms with Crippen LogP contribution in [0.15, 0.2) is 48.8 Å². The number of aryl methyl sites for hydroxylation is 1. The Balaban J connectivity index is 1.52. The van der Waals surface area contributed by atoms with Crippen molar-refractivity contribution in [2.45, 2.75) is 38.3 Å². The van der Waals surface area contributed by atoms with Crippen LogP contribution in [0.5, 0.6) is 0 Å². The molecule has 1 saturated carbocycles. The van der Waals surface area contributed by atoms with Crippen LogP contribution in [0.2, 0.25) is 0 Å². The number of benzene rings is 1. The number of nitrogens with one attached hydrogen (secondary N) is 2. The van der Waals surface area contributed by atoms with Crippen molar-refractivity contribution in [3.63, 3.8) is 0 Å². The van der Waals surface area contributed by atoms with Gasteiger partial charge in [0.2, 0.25) is 0 Å². The molecule has 1 unspecified atom stereocenters. The maximum absolute atomic E-state index is 12.8. The van der Waals surface area contributed by atoms with Crippen molar-refractivity contribution >= 4 is 16.8 Å². The van der Waals surface area contributed by atoms with E-state index < -0.39 is 0 Å². The van der Waals surface area contributed by atoms with Gasteiger partial charge in [0, 0.05) is 29.3 Å². The second-order valence-electron chi connectivity index (χ2n) is 7.30. The van der Waals surface area contributed by atoms with Gasteiger partial charge in [-0.25, -0.2) is 0 Å². The molecular formula is C21H23N3O2. The van der Waals surface area contributed by atoms with Gasteiger partial charge in [-0.05, 0) is 68.0 Å². The first-order chi connectivity index (χ1) is 12.6. The fourth-order valence-electron chi connectivity index (χ4n) is 3.69. The molecule has 3 N–H and O–H groups in total. The number of carbonyl (C=O) groups excluding carboxylic acids is 1. The molecule has 0 bridgehead atoms. The Kier molecular flexibility index (Phi) is 4.47. The Morgan fingerprint density at radius 2 is 2.04 bits per heavy atom. The van der Waals surface area contributed by atoms with E-state index in [9.17, 15) is 9.90 Å². The summed E-state index contributed by atoms with van der Waals surface area (Å²) < 4.78 is 0. The van der Waals surface area contributed by atoms with Crippen LogP contribution in [-0.2, 0) is 6.42 Å². The number of aromatic amines is 1. The Bertz CT molecular complexity index is 913. The van der Waals surface area contributed by atoms with Crippen molar-refractivity contribution in [1.29, 1.82) is 0 Å². The molecule has 5 heteroatoms. The highest BCUT2D eigenvalue weighted by molar-refractivity contribution is 5.98. The lowest BCUT2D eigenvalue weighted by atomic mass is 9.75. The second-order valence-corrected chi connectivity index (χ2v) is 7.30. The maximum Gasteiger partial charge on any atom is 0.267 e. The highest BCUT2D eigenvalue weighted by Crippen LogP contribution is 2.32. The van der Waals surface area contributed by atoms with E-state index in [1.165, 1.54) is 5.56 Å². The van der Waals surface area contributed by atoms with Crippen LogP contribution >= 0.6 is 0 Å². The molecule has 2 aromatic heterocycles. The number of aliphatic hydroxyl groups excluding tert-OH is 1. The normalized spacial score (nSPS) is 20.5. The summed E-state index contributed by atoms with van der Waals surface area (Å²) in [5.41, 5.74) is 3.84. The molecule has 1 aliphatic rings. The second kappa shape index (κ2) is 6.92. The van der Waals surface area contributed by atoms with Crippen LogP contribution in [0.4, 0.5) is 0 Å². The highest BCUT2D eigenvalue weighted by atomic mass is 16.3. The van der Waals surface area contributed by atoms with E-state index in [2.05, 4.69) is 21.4 Å². The van der Waals surface area contributed by atoms with E-state index in [4.69, 9.17) is 0 Å². The van der Waals surface area contributed by atoms with Gasteiger partial charge >= 0.3 is 0 Å². The van der Waals surface area contributed by atoms with Gasteiger partial charge in [-0.1, -0.05) is 11.6 Å². The lowest BCUT2D eigenvalue weighted by molar-refractivity contribution is 0.0239. The first-order valence-corrected chi connectivity index (χ1v) is 9.05. The number of fused-ring (bicyclic) bond motifs is 1. The zero-order chi connectivity index (χ0) is 18.1. The quantitative estimate of drug-likeness (QED) is 0.663. The van der Waals surface area contributed by atoms with Crippen LogP contribution in [0.1, 0.15) is 34.5 Å². The summed E-state index contributed by atoms with van der Waals surface area (Å²) >= 11 is 0.